The Kier molecular flexibility index (Phi) is 3.25. The monoisotopic (exact) mass is 259 g/mol. The maximum atomic E-state index is 12.7. The number of rotatable bonds is 1. The van der Waals surface area contributed by atoms with Crippen LogP contribution in [-0.2, 0) is 4.79 Å². The van der Waals surface area contributed by atoms with Gasteiger partial charge >= 0.3 is 0 Å². The molecule has 1 aromatic rings. The van der Waals surface area contributed by atoms with E-state index < -0.39 is 0 Å². The molecule has 1 aliphatic rings. The van der Waals surface area contributed by atoms with E-state index in [9.17, 15) is 9.59 Å². The van der Waals surface area contributed by atoms with Gasteiger partial charge in [-0.2, -0.15) is 0 Å². The second-order valence-corrected chi connectivity index (χ2v) is 6.10. The topological polar surface area (TPSA) is 37.4 Å². The Labute approximate surface area is 114 Å². The van der Waals surface area contributed by atoms with Crippen LogP contribution in [0, 0.1) is 20.8 Å². The van der Waals surface area contributed by atoms with Gasteiger partial charge in [0.05, 0.1) is 6.54 Å². The molecule has 0 aromatic heterocycles. The lowest BCUT2D eigenvalue weighted by Gasteiger charge is -2.31. The zero-order valence-electron chi connectivity index (χ0n) is 12.3. The Hall–Kier alpha value is -1.64. The molecule has 0 atom stereocenters. The van der Waals surface area contributed by atoms with Gasteiger partial charge in [0.25, 0.3) is 5.91 Å². The van der Waals surface area contributed by atoms with Crippen molar-refractivity contribution in [3.8, 4) is 0 Å². The van der Waals surface area contributed by atoms with Gasteiger partial charge in [-0.05, 0) is 57.4 Å². The molecule has 2 rings (SSSR count). The summed E-state index contributed by atoms with van der Waals surface area (Å²) in [5, 5.41) is 0. The first kappa shape index (κ1) is 13.8. The molecule has 19 heavy (non-hydrogen) atoms. The summed E-state index contributed by atoms with van der Waals surface area (Å²) in [6.45, 7) is 10.2. The molecule has 1 heterocycles. The molecule has 0 unspecified atom stereocenters. The van der Waals surface area contributed by atoms with E-state index in [1.54, 1.807) is 4.90 Å². The molecule has 0 N–H and O–H groups in total. The van der Waals surface area contributed by atoms with Gasteiger partial charge < -0.3 is 4.90 Å². The largest absolute Gasteiger partial charge is 0.326 e. The zero-order valence-corrected chi connectivity index (χ0v) is 12.3. The van der Waals surface area contributed by atoms with E-state index in [1.807, 2.05) is 46.8 Å². The molecule has 3 nitrogen and oxygen atoms in total. The molecule has 0 radical (unpaired) electrons. The summed E-state index contributed by atoms with van der Waals surface area (Å²) in [7, 11) is 0. The van der Waals surface area contributed by atoms with Gasteiger partial charge in [0, 0.05) is 17.5 Å². The summed E-state index contributed by atoms with van der Waals surface area (Å²) < 4.78 is 0. The number of likely N-dealkylation sites (tertiary alicyclic amines) is 1. The number of hydrogen-bond acceptors (Lipinski definition) is 2. The van der Waals surface area contributed by atoms with Crippen molar-refractivity contribution in [1.29, 1.82) is 0 Å². The number of aryl methyl sites for hydroxylation is 1. The molecule has 102 valence electrons. The number of benzene rings is 1. The second-order valence-electron chi connectivity index (χ2n) is 6.10. The minimum absolute atomic E-state index is 0.0311. The Morgan fingerprint density at radius 1 is 1.16 bits per heavy atom. The summed E-state index contributed by atoms with van der Waals surface area (Å²) >= 11 is 0. The summed E-state index contributed by atoms with van der Waals surface area (Å²) in [4.78, 5) is 26.0. The fourth-order valence-electron chi connectivity index (χ4n) is 2.70. The standard InChI is InChI=1S/C16H21NO2/c1-10-6-7-14(12(3)11(10)2)15(19)17-9-13(18)8-16(17,4)5/h6-7H,8-9H2,1-5H3. The number of Topliss-reactive ketones (excluding diaryl/α,β-unsaturated/α-hetero) is 1. The molecule has 1 amide bonds. The highest BCUT2D eigenvalue weighted by atomic mass is 16.2. The van der Waals surface area contributed by atoms with E-state index in [1.165, 1.54) is 5.56 Å². The number of ketones is 1. The molecule has 1 aromatic carbocycles. The minimum atomic E-state index is -0.376. The molecule has 3 heteroatoms. The van der Waals surface area contributed by atoms with Gasteiger partial charge in [-0.1, -0.05) is 6.07 Å². The predicted octanol–water partition coefficient (Wildman–Crippen LogP) is 2.81. The van der Waals surface area contributed by atoms with Crippen LogP contribution in [0.1, 0.15) is 47.3 Å². The van der Waals surface area contributed by atoms with Crippen LogP contribution in [0.3, 0.4) is 0 Å². The van der Waals surface area contributed by atoms with Gasteiger partial charge in [0.1, 0.15) is 0 Å². The van der Waals surface area contributed by atoms with Crippen LogP contribution in [-0.4, -0.2) is 28.7 Å². The number of nitrogens with zero attached hydrogens (tertiary/aromatic N) is 1. The Morgan fingerprint density at radius 3 is 2.32 bits per heavy atom. The van der Waals surface area contributed by atoms with Crippen molar-refractivity contribution in [3.63, 3.8) is 0 Å². The van der Waals surface area contributed by atoms with E-state index in [0.29, 0.717) is 12.0 Å². The van der Waals surface area contributed by atoms with Crippen LogP contribution < -0.4 is 0 Å². The second kappa shape index (κ2) is 4.48. The molecule has 0 spiro atoms. The van der Waals surface area contributed by atoms with Crippen molar-refractivity contribution < 1.29 is 9.59 Å². The van der Waals surface area contributed by atoms with Crippen molar-refractivity contribution in [2.75, 3.05) is 6.54 Å². The first-order valence-electron chi connectivity index (χ1n) is 6.64. The molecule has 1 fully saturated rings. The van der Waals surface area contributed by atoms with Crippen LogP contribution >= 0.6 is 0 Å². The van der Waals surface area contributed by atoms with E-state index in [4.69, 9.17) is 0 Å². The van der Waals surface area contributed by atoms with Crippen molar-refractivity contribution >= 4 is 11.7 Å². The van der Waals surface area contributed by atoms with E-state index in [-0.39, 0.29) is 23.8 Å². The molecular formula is C16H21NO2. The van der Waals surface area contributed by atoms with Crippen LogP contribution in [0.4, 0.5) is 0 Å². The average Bonchev–Trinajstić information content (AvgIpc) is 2.59. The highest BCUT2D eigenvalue weighted by Crippen LogP contribution is 2.29. The molecular weight excluding hydrogens is 238 g/mol. The third-order valence-corrected chi connectivity index (χ3v) is 4.23. The van der Waals surface area contributed by atoms with E-state index in [2.05, 4.69) is 0 Å². The van der Waals surface area contributed by atoms with Crippen molar-refractivity contribution in [1.82, 2.24) is 4.90 Å². The maximum Gasteiger partial charge on any atom is 0.254 e. The van der Waals surface area contributed by atoms with Crippen molar-refractivity contribution in [2.24, 2.45) is 0 Å². The summed E-state index contributed by atoms with van der Waals surface area (Å²) in [5.74, 6) is 0.108. The Bertz CT molecular complexity index is 558. The van der Waals surface area contributed by atoms with Gasteiger partial charge in [0.2, 0.25) is 0 Å². The van der Waals surface area contributed by atoms with E-state index in [0.717, 1.165) is 11.1 Å². The normalized spacial score (nSPS) is 17.9. The van der Waals surface area contributed by atoms with Crippen LogP contribution in [0.25, 0.3) is 0 Å². The minimum Gasteiger partial charge on any atom is -0.326 e. The first-order chi connectivity index (χ1) is 8.74. The number of amides is 1. The predicted molar refractivity (Wildman–Crippen MR) is 75.4 cm³/mol. The number of carbonyl (C=O) groups excluding carboxylic acids is 2. The third-order valence-electron chi connectivity index (χ3n) is 4.23. The fraction of sp³-hybridized carbons (Fsp3) is 0.500. The van der Waals surface area contributed by atoms with Crippen molar-refractivity contribution in [2.45, 2.75) is 46.6 Å². The number of carbonyl (C=O) groups is 2. The molecule has 0 saturated carbocycles. The lowest BCUT2D eigenvalue weighted by Crippen LogP contribution is -2.43. The smallest absolute Gasteiger partial charge is 0.254 e. The number of hydrogen-bond donors (Lipinski definition) is 0. The highest BCUT2D eigenvalue weighted by Gasteiger charge is 2.40. The van der Waals surface area contributed by atoms with Crippen LogP contribution in [0.5, 0.6) is 0 Å². The molecule has 1 aliphatic heterocycles. The Balaban J connectivity index is 2.41. The molecule has 0 bridgehead atoms. The Morgan fingerprint density at radius 2 is 1.79 bits per heavy atom. The van der Waals surface area contributed by atoms with Gasteiger partial charge in [0.15, 0.2) is 5.78 Å². The first-order valence-corrected chi connectivity index (χ1v) is 6.64. The quantitative estimate of drug-likeness (QED) is 0.777. The highest BCUT2D eigenvalue weighted by molar-refractivity contribution is 6.00. The average molecular weight is 259 g/mol. The SMILES string of the molecule is Cc1ccc(C(=O)N2CC(=O)CC2(C)C)c(C)c1C. The summed E-state index contributed by atoms with van der Waals surface area (Å²) in [5.41, 5.74) is 3.69. The lowest BCUT2D eigenvalue weighted by molar-refractivity contribution is -0.116. The maximum absolute atomic E-state index is 12.7. The van der Waals surface area contributed by atoms with Crippen LogP contribution in [0.15, 0.2) is 12.1 Å². The summed E-state index contributed by atoms with van der Waals surface area (Å²) in [6, 6.07) is 3.85. The van der Waals surface area contributed by atoms with Crippen LogP contribution in [0.2, 0.25) is 0 Å². The van der Waals surface area contributed by atoms with Crippen molar-refractivity contribution in [3.05, 3.63) is 34.4 Å². The molecule has 1 saturated heterocycles. The zero-order chi connectivity index (χ0) is 14.4. The van der Waals surface area contributed by atoms with Gasteiger partial charge in [-0.15, -0.1) is 0 Å². The third kappa shape index (κ3) is 2.29. The lowest BCUT2D eigenvalue weighted by atomic mass is 9.96. The fourth-order valence-corrected chi connectivity index (χ4v) is 2.70. The summed E-state index contributed by atoms with van der Waals surface area (Å²) in [6.07, 6.45) is 0.447. The van der Waals surface area contributed by atoms with Gasteiger partial charge in [-0.3, -0.25) is 9.59 Å². The van der Waals surface area contributed by atoms with E-state index >= 15 is 0 Å². The molecule has 0 aliphatic carbocycles. The van der Waals surface area contributed by atoms with Gasteiger partial charge in [-0.25, -0.2) is 0 Å².